The van der Waals surface area contributed by atoms with E-state index < -0.39 is 5.76 Å². The Bertz CT molecular complexity index is 610. The van der Waals surface area contributed by atoms with Crippen molar-refractivity contribution in [1.29, 1.82) is 0 Å². The first-order chi connectivity index (χ1) is 9.20. The predicted molar refractivity (Wildman–Crippen MR) is 74.2 cm³/mol. The molecule has 0 aliphatic carbocycles. The first-order valence-electron chi connectivity index (χ1n) is 6.74. The highest BCUT2D eigenvalue weighted by Gasteiger charge is 2.16. The van der Waals surface area contributed by atoms with E-state index in [0.717, 1.165) is 30.7 Å². The van der Waals surface area contributed by atoms with Crippen molar-refractivity contribution in [3.63, 3.8) is 0 Å². The fourth-order valence-corrected chi connectivity index (χ4v) is 2.75. The van der Waals surface area contributed by atoms with Gasteiger partial charge in [0.25, 0.3) is 0 Å². The van der Waals surface area contributed by atoms with E-state index in [0.29, 0.717) is 11.6 Å². The number of fused-ring (bicyclic) bond motifs is 1. The third kappa shape index (κ3) is 2.88. The highest BCUT2D eigenvalue weighted by molar-refractivity contribution is 5.72. The standard InChI is InChI=1S/C14H19N3O2/c1-17(9-11-3-2-6-15-11)8-10-4-5-12-13(7-10)19-14(18)16-12/h4-5,7,11,15H,2-3,6,8-9H2,1H3,(H,16,18). The molecule has 0 amide bonds. The summed E-state index contributed by atoms with van der Waals surface area (Å²) in [4.78, 5) is 16.1. The number of benzene rings is 1. The van der Waals surface area contributed by atoms with Gasteiger partial charge >= 0.3 is 5.76 Å². The van der Waals surface area contributed by atoms with Crippen molar-refractivity contribution in [1.82, 2.24) is 15.2 Å². The van der Waals surface area contributed by atoms with Gasteiger partial charge in [-0.1, -0.05) is 6.07 Å². The lowest BCUT2D eigenvalue weighted by molar-refractivity contribution is 0.293. The first kappa shape index (κ1) is 12.4. The van der Waals surface area contributed by atoms with Crippen LogP contribution in [-0.2, 0) is 6.54 Å². The number of aromatic nitrogens is 1. The molecule has 0 radical (unpaired) electrons. The van der Waals surface area contributed by atoms with Gasteiger partial charge in [-0.15, -0.1) is 0 Å². The maximum Gasteiger partial charge on any atom is 0.417 e. The maximum absolute atomic E-state index is 11.1. The van der Waals surface area contributed by atoms with Gasteiger partial charge in [0.1, 0.15) is 0 Å². The van der Waals surface area contributed by atoms with Crippen molar-refractivity contribution in [3.8, 4) is 0 Å². The SMILES string of the molecule is CN(Cc1ccc2[nH]c(=O)oc2c1)CC1CCCN1. The van der Waals surface area contributed by atoms with Crippen molar-refractivity contribution in [3.05, 3.63) is 34.3 Å². The minimum atomic E-state index is -0.393. The lowest BCUT2D eigenvalue weighted by Crippen LogP contribution is -2.34. The Labute approximate surface area is 111 Å². The van der Waals surface area contributed by atoms with Crippen LogP contribution >= 0.6 is 0 Å². The fraction of sp³-hybridized carbons (Fsp3) is 0.500. The summed E-state index contributed by atoms with van der Waals surface area (Å²) in [5.41, 5.74) is 2.56. The second-order valence-corrected chi connectivity index (χ2v) is 5.34. The molecule has 102 valence electrons. The van der Waals surface area contributed by atoms with E-state index in [-0.39, 0.29) is 0 Å². The molecule has 0 bridgehead atoms. The molecule has 5 nitrogen and oxygen atoms in total. The predicted octanol–water partition coefficient (Wildman–Crippen LogP) is 1.30. The number of likely N-dealkylation sites (N-methyl/N-ethyl adjacent to an activating group) is 1. The average molecular weight is 261 g/mol. The zero-order valence-corrected chi connectivity index (χ0v) is 11.1. The maximum atomic E-state index is 11.1. The van der Waals surface area contributed by atoms with E-state index in [9.17, 15) is 4.79 Å². The second kappa shape index (κ2) is 5.19. The van der Waals surface area contributed by atoms with Crippen LogP contribution in [0.1, 0.15) is 18.4 Å². The number of nitrogens with zero attached hydrogens (tertiary/aromatic N) is 1. The molecule has 19 heavy (non-hydrogen) atoms. The van der Waals surface area contributed by atoms with Crippen LogP contribution in [0.15, 0.2) is 27.4 Å². The van der Waals surface area contributed by atoms with Gasteiger partial charge in [0.2, 0.25) is 0 Å². The molecule has 1 aromatic heterocycles. The average Bonchev–Trinajstić information content (AvgIpc) is 2.96. The number of H-pyrrole nitrogens is 1. The summed E-state index contributed by atoms with van der Waals surface area (Å²) in [6.07, 6.45) is 2.54. The van der Waals surface area contributed by atoms with Crippen LogP contribution in [0, 0.1) is 0 Å². The number of hydrogen-bond acceptors (Lipinski definition) is 4. The van der Waals surface area contributed by atoms with Crippen molar-refractivity contribution in [2.24, 2.45) is 0 Å². The molecule has 1 aliphatic heterocycles. The van der Waals surface area contributed by atoms with Gasteiger partial charge < -0.3 is 14.6 Å². The molecule has 5 heteroatoms. The van der Waals surface area contributed by atoms with Crippen LogP contribution in [0.5, 0.6) is 0 Å². The van der Waals surface area contributed by atoms with Crippen molar-refractivity contribution in [2.45, 2.75) is 25.4 Å². The Balaban J connectivity index is 1.67. The van der Waals surface area contributed by atoms with E-state index in [1.54, 1.807) is 0 Å². The number of nitrogens with one attached hydrogen (secondary N) is 2. The van der Waals surface area contributed by atoms with Crippen LogP contribution in [0.3, 0.4) is 0 Å². The second-order valence-electron chi connectivity index (χ2n) is 5.34. The van der Waals surface area contributed by atoms with E-state index in [4.69, 9.17) is 4.42 Å². The van der Waals surface area contributed by atoms with Crippen LogP contribution in [-0.4, -0.2) is 36.1 Å². The van der Waals surface area contributed by atoms with E-state index in [1.807, 2.05) is 18.2 Å². The molecule has 0 spiro atoms. The van der Waals surface area contributed by atoms with Gasteiger partial charge in [-0.05, 0) is 44.1 Å². The van der Waals surface area contributed by atoms with E-state index in [1.165, 1.54) is 12.8 Å². The van der Waals surface area contributed by atoms with Gasteiger partial charge in [-0.25, -0.2) is 4.79 Å². The van der Waals surface area contributed by atoms with Crippen LogP contribution in [0.4, 0.5) is 0 Å². The highest BCUT2D eigenvalue weighted by atomic mass is 16.4. The van der Waals surface area contributed by atoms with Gasteiger partial charge in [0, 0.05) is 19.1 Å². The minimum Gasteiger partial charge on any atom is -0.408 e. The van der Waals surface area contributed by atoms with Gasteiger partial charge in [0.05, 0.1) is 5.52 Å². The normalized spacial score (nSPS) is 19.6. The lowest BCUT2D eigenvalue weighted by atomic mass is 10.1. The topological polar surface area (TPSA) is 61.3 Å². The molecule has 1 aliphatic rings. The highest BCUT2D eigenvalue weighted by Crippen LogP contribution is 2.14. The number of hydrogen-bond donors (Lipinski definition) is 2. The van der Waals surface area contributed by atoms with Gasteiger partial charge in [-0.2, -0.15) is 0 Å². The van der Waals surface area contributed by atoms with Crippen LogP contribution in [0.2, 0.25) is 0 Å². The molecule has 2 heterocycles. The molecule has 1 unspecified atom stereocenters. The van der Waals surface area contributed by atoms with E-state index in [2.05, 4.69) is 22.2 Å². The molecule has 1 aromatic carbocycles. The van der Waals surface area contributed by atoms with Gasteiger partial charge in [-0.3, -0.25) is 4.98 Å². The Kier molecular flexibility index (Phi) is 3.40. The summed E-state index contributed by atoms with van der Waals surface area (Å²) in [7, 11) is 2.12. The molecule has 1 saturated heterocycles. The quantitative estimate of drug-likeness (QED) is 0.871. The monoisotopic (exact) mass is 261 g/mol. The molecular weight excluding hydrogens is 242 g/mol. The molecule has 0 saturated carbocycles. The zero-order chi connectivity index (χ0) is 13.2. The summed E-state index contributed by atoms with van der Waals surface area (Å²) in [6.45, 7) is 3.05. The number of aromatic amines is 1. The Morgan fingerprint density at radius 1 is 1.47 bits per heavy atom. The third-order valence-electron chi connectivity index (χ3n) is 3.63. The third-order valence-corrected chi connectivity index (χ3v) is 3.63. The Hall–Kier alpha value is -1.59. The van der Waals surface area contributed by atoms with Crippen LogP contribution in [0.25, 0.3) is 11.1 Å². The molecular formula is C14H19N3O2. The van der Waals surface area contributed by atoms with Gasteiger partial charge in [0.15, 0.2) is 5.58 Å². The largest absolute Gasteiger partial charge is 0.417 e. The number of oxazole rings is 1. The summed E-state index contributed by atoms with van der Waals surface area (Å²) in [5, 5.41) is 3.50. The summed E-state index contributed by atoms with van der Waals surface area (Å²) in [6, 6.07) is 6.48. The minimum absolute atomic E-state index is 0.393. The van der Waals surface area contributed by atoms with E-state index >= 15 is 0 Å². The molecule has 2 aromatic rings. The molecule has 1 atom stereocenters. The lowest BCUT2D eigenvalue weighted by Gasteiger charge is -2.21. The van der Waals surface area contributed by atoms with Crippen molar-refractivity contribution < 1.29 is 4.42 Å². The molecule has 1 fully saturated rings. The van der Waals surface area contributed by atoms with Crippen molar-refractivity contribution in [2.75, 3.05) is 20.1 Å². The Morgan fingerprint density at radius 2 is 2.37 bits per heavy atom. The first-order valence-corrected chi connectivity index (χ1v) is 6.74. The number of rotatable bonds is 4. The summed E-state index contributed by atoms with van der Waals surface area (Å²) in [5.74, 6) is -0.393. The Morgan fingerprint density at radius 3 is 3.16 bits per heavy atom. The smallest absolute Gasteiger partial charge is 0.408 e. The zero-order valence-electron chi connectivity index (χ0n) is 11.1. The summed E-state index contributed by atoms with van der Waals surface area (Å²) < 4.78 is 5.08. The van der Waals surface area contributed by atoms with Crippen molar-refractivity contribution >= 4 is 11.1 Å². The summed E-state index contributed by atoms with van der Waals surface area (Å²) >= 11 is 0. The molecule has 3 rings (SSSR count). The molecule has 2 N–H and O–H groups in total. The fourth-order valence-electron chi connectivity index (χ4n) is 2.75. The van der Waals surface area contributed by atoms with Crippen LogP contribution < -0.4 is 11.1 Å².